The lowest BCUT2D eigenvalue weighted by molar-refractivity contribution is 0.0938. The van der Waals surface area contributed by atoms with Crippen LogP contribution < -0.4 is 5.32 Å². The van der Waals surface area contributed by atoms with Crippen molar-refractivity contribution in [2.24, 2.45) is 0 Å². The number of pyridine rings is 2. The second-order valence-corrected chi connectivity index (χ2v) is 5.23. The monoisotopic (exact) mass is 328 g/mol. The number of hydrogen-bond acceptors (Lipinski definition) is 5. The molecule has 116 valence electrons. The van der Waals surface area contributed by atoms with Crippen molar-refractivity contribution in [1.29, 1.82) is 0 Å². The number of aromatic nitrogens is 5. The molecule has 3 rings (SSSR count). The fraction of sp³-hybridized carbons (Fsp3) is 0.133. The normalized spacial score (nSPS) is 11.9. The van der Waals surface area contributed by atoms with Crippen LogP contribution in [0.1, 0.15) is 29.1 Å². The third kappa shape index (κ3) is 3.51. The van der Waals surface area contributed by atoms with Crippen molar-refractivity contribution in [3.63, 3.8) is 0 Å². The summed E-state index contributed by atoms with van der Waals surface area (Å²) in [6.07, 6.45) is 4.77. The molecule has 1 unspecified atom stereocenters. The number of hydrogen-bond donors (Lipinski definition) is 2. The Morgan fingerprint density at radius 3 is 2.74 bits per heavy atom. The minimum absolute atomic E-state index is 0.261. The largest absolute Gasteiger partial charge is 0.342 e. The molecule has 8 heteroatoms. The molecule has 2 N–H and O–H groups in total. The highest BCUT2D eigenvalue weighted by molar-refractivity contribution is 6.29. The van der Waals surface area contributed by atoms with Crippen molar-refractivity contribution in [2.75, 3.05) is 0 Å². The number of H-pyrrole nitrogens is 1. The van der Waals surface area contributed by atoms with E-state index in [0.29, 0.717) is 22.4 Å². The highest BCUT2D eigenvalue weighted by atomic mass is 35.5. The first-order valence-electron chi connectivity index (χ1n) is 6.88. The van der Waals surface area contributed by atoms with E-state index in [4.69, 9.17) is 11.6 Å². The molecule has 3 aromatic heterocycles. The Bertz CT molecular complexity index is 802. The minimum atomic E-state index is -0.332. The molecule has 1 amide bonds. The molecule has 0 fully saturated rings. The molecule has 0 aliphatic carbocycles. The van der Waals surface area contributed by atoms with Crippen LogP contribution in [0.4, 0.5) is 0 Å². The van der Waals surface area contributed by atoms with Gasteiger partial charge in [-0.1, -0.05) is 11.6 Å². The lowest BCUT2D eigenvalue weighted by atomic mass is 10.2. The quantitative estimate of drug-likeness (QED) is 0.717. The minimum Gasteiger partial charge on any atom is -0.342 e. The van der Waals surface area contributed by atoms with Gasteiger partial charge < -0.3 is 5.32 Å². The number of carbonyl (C=O) groups is 1. The first kappa shape index (κ1) is 15.1. The van der Waals surface area contributed by atoms with Crippen molar-refractivity contribution in [2.45, 2.75) is 13.0 Å². The zero-order valence-electron chi connectivity index (χ0n) is 12.2. The summed E-state index contributed by atoms with van der Waals surface area (Å²) in [5.74, 6) is 0.854. The van der Waals surface area contributed by atoms with E-state index in [0.717, 1.165) is 5.56 Å². The van der Waals surface area contributed by atoms with Crippen molar-refractivity contribution in [3.8, 4) is 11.4 Å². The first-order valence-corrected chi connectivity index (χ1v) is 7.26. The summed E-state index contributed by atoms with van der Waals surface area (Å²) in [6.45, 7) is 1.82. The third-order valence-corrected chi connectivity index (χ3v) is 3.41. The topological polar surface area (TPSA) is 96.5 Å². The Kier molecular flexibility index (Phi) is 4.29. The van der Waals surface area contributed by atoms with Gasteiger partial charge >= 0.3 is 0 Å². The fourth-order valence-electron chi connectivity index (χ4n) is 1.96. The molecular formula is C15H13ClN6O. The number of carbonyl (C=O) groups excluding carboxylic acids is 1. The molecule has 0 aromatic carbocycles. The van der Waals surface area contributed by atoms with Gasteiger partial charge in [-0.25, -0.2) is 9.97 Å². The maximum Gasteiger partial charge on any atom is 0.253 e. The van der Waals surface area contributed by atoms with Gasteiger partial charge in [0.25, 0.3) is 5.91 Å². The van der Waals surface area contributed by atoms with Gasteiger partial charge in [0.2, 0.25) is 0 Å². The van der Waals surface area contributed by atoms with Gasteiger partial charge in [0, 0.05) is 24.2 Å². The van der Waals surface area contributed by atoms with Crippen LogP contribution in [0.2, 0.25) is 5.15 Å². The highest BCUT2D eigenvalue weighted by Crippen LogP contribution is 2.16. The van der Waals surface area contributed by atoms with E-state index in [-0.39, 0.29) is 11.9 Å². The first-order chi connectivity index (χ1) is 11.1. The molecule has 1 atom stereocenters. The molecule has 0 saturated heterocycles. The molecule has 0 saturated carbocycles. The Hall–Kier alpha value is -2.80. The average Bonchev–Trinajstić information content (AvgIpc) is 3.06. The summed E-state index contributed by atoms with van der Waals surface area (Å²) in [6, 6.07) is 6.48. The predicted octanol–water partition coefficient (Wildman–Crippen LogP) is 2.41. The summed E-state index contributed by atoms with van der Waals surface area (Å²) < 4.78 is 0. The SMILES string of the molecule is CC(NC(=O)c1ccc(Cl)nc1)c1nc(-c2ccncc2)n[nH]1. The van der Waals surface area contributed by atoms with Crippen LogP contribution in [0.5, 0.6) is 0 Å². The van der Waals surface area contributed by atoms with Crippen LogP contribution >= 0.6 is 11.6 Å². The van der Waals surface area contributed by atoms with Crippen molar-refractivity contribution in [3.05, 3.63) is 59.4 Å². The molecule has 3 heterocycles. The number of aromatic amines is 1. The second kappa shape index (κ2) is 6.53. The standard InChI is InChI=1S/C15H13ClN6O/c1-9(19-15(23)11-2-3-12(16)18-8-11)13-20-14(22-21-13)10-4-6-17-7-5-10/h2-9H,1H3,(H,19,23)(H,20,21,22). The van der Waals surface area contributed by atoms with E-state index in [1.807, 2.05) is 19.1 Å². The van der Waals surface area contributed by atoms with E-state index >= 15 is 0 Å². The molecule has 7 nitrogen and oxygen atoms in total. The van der Waals surface area contributed by atoms with Gasteiger partial charge in [0.05, 0.1) is 11.6 Å². The maximum atomic E-state index is 12.2. The molecule has 0 aliphatic rings. The summed E-state index contributed by atoms with van der Waals surface area (Å²) in [4.78, 5) is 24.4. The van der Waals surface area contributed by atoms with Crippen LogP contribution in [0.15, 0.2) is 42.9 Å². The number of rotatable bonds is 4. The molecule has 0 bridgehead atoms. The van der Waals surface area contributed by atoms with Gasteiger partial charge in [-0.3, -0.25) is 14.9 Å². The molecular weight excluding hydrogens is 316 g/mol. The fourth-order valence-corrected chi connectivity index (χ4v) is 2.07. The smallest absolute Gasteiger partial charge is 0.253 e. The Balaban J connectivity index is 1.71. The summed E-state index contributed by atoms with van der Waals surface area (Å²) in [5, 5.41) is 10.2. The van der Waals surface area contributed by atoms with Gasteiger partial charge in [0.15, 0.2) is 5.82 Å². The van der Waals surface area contributed by atoms with Gasteiger partial charge in [-0.05, 0) is 31.2 Å². The molecule has 0 spiro atoms. The van der Waals surface area contributed by atoms with E-state index < -0.39 is 0 Å². The molecule has 0 aliphatic heterocycles. The lowest BCUT2D eigenvalue weighted by Gasteiger charge is -2.10. The van der Waals surface area contributed by atoms with E-state index in [1.54, 1.807) is 24.5 Å². The molecule has 23 heavy (non-hydrogen) atoms. The lowest BCUT2D eigenvalue weighted by Crippen LogP contribution is -2.27. The summed E-state index contributed by atoms with van der Waals surface area (Å²) >= 11 is 5.71. The van der Waals surface area contributed by atoms with Gasteiger partial charge in [0.1, 0.15) is 11.0 Å². The predicted molar refractivity (Wildman–Crippen MR) is 84.7 cm³/mol. The second-order valence-electron chi connectivity index (χ2n) is 4.84. The van der Waals surface area contributed by atoms with E-state index in [1.165, 1.54) is 6.20 Å². The number of nitrogens with zero attached hydrogens (tertiary/aromatic N) is 4. The zero-order valence-corrected chi connectivity index (χ0v) is 12.9. The Labute approximate surface area is 137 Å². The van der Waals surface area contributed by atoms with E-state index in [2.05, 4.69) is 30.5 Å². The van der Waals surface area contributed by atoms with Crippen LogP contribution in [-0.2, 0) is 0 Å². The van der Waals surface area contributed by atoms with Crippen molar-refractivity contribution < 1.29 is 4.79 Å². The summed E-state index contributed by atoms with van der Waals surface area (Å²) in [5.41, 5.74) is 1.28. The van der Waals surface area contributed by atoms with Crippen molar-refractivity contribution in [1.82, 2.24) is 30.5 Å². The van der Waals surface area contributed by atoms with Crippen LogP contribution in [0.25, 0.3) is 11.4 Å². The summed E-state index contributed by atoms with van der Waals surface area (Å²) in [7, 11) is 0. The van der Waals surface area contributed by atoms with Crippen molar-refractivity contribution >= 4 is 17.5 Å². The highest BCUT2D eigenvalue weighted by Gasteiger charge is 2.16. The Morgan fingerprint density at radius 1 is 1.26 bits per heavy atom. The molecule has 0 radical (unpaired) electrons. The zero-order chi connectivity index (χ0) is 16.2. The van der Waals surface area contributed by atoms with Crippen LogP contribution in [0, 0.1) is 0 Å². The van der Waals surface area contributed by atoms with E-state index in [9.17, 15) is 4.79 Å². The Morgan fingerprint density at radius 2 is 2.04 bits per heavy atom. The number of nitrogens with one attached hydrogen (secondary N) is 2. The number of halogens is 1. The molecule has 3 aromatic rings. The van der Waals surface area contributed by atoms with Crippen LogP contribution in [-0.4, -0.2) is 31.1 Å². The number of amides is 1. The third-order valence-electron chi connectivity index (χ3n) is 3.19. The van der Waals surface area contributed by atoms with Crippen LogP contribution in [0.3, 0.4) is 0 Å². The average molecular weight is 329 g/mol. The van der Waals surface area contributed by atoms with Gasteiger partial charge in [-0.2, -0.15) is 5.10 Å². The van der Waals surface area contributed by atoms with Gasteiger partial charge in [-0.15, -0.1) is 0 Å². The maximum absolute atomic E-state index is 12.2.